The van der Waals surface area contributed by atoms with Crippen molar-refractivity contribution in [3.63, 3.8) is 0 Å². The largest absolute Gasteiger partial charge is 0.383 e. The van der Waals surface area contributed by atoms with Crippen molar-refractivity contribution in [3.05, 3.63) is 18.0 Å². The van der Waals surface area contributed by atoms with Crippen molar-refractivity contribution in [1.82, 2.24) is 14.2 Å². The molecule has 1 aliphatic carbocycles. The van der Waals surface area contributed by atoms with Crippen molar-refractivity contribution in [2.24, 2.45) is 7.05 Å². The Balaban J connectivity index is 2.08. The van der Waals surface area contributed by atoms with Gasteiger partial charge in [0.1, 0.15) is 4.90 Å². The third-order valence-electron chi connectivity index (χ3n) is 3.55. The summed E-state index contributed by atoms with van der Waals surface area (Å²) in [6, 6.07) is 2.35. The van der Waals surface area contributed by atoms with Gasteiger partial charge in [-0.1, -0.05) is 0 Å². The molecule has 0 amide bonds. The van der Waals surface area contributed by atoms with E-state index in [-0.39, 0.29) is 0 Å². The molecule has 0 unspecified atom stereocenters. The van der Waals surface area contributed by atoms with E-state index in [9.17, 15) is 8.42 Å². The predicted octanol–water partition coefficient (Wildman–Crippen LogP) is 0.544. The van der Waals surface area contributed by atoms with Gasteiger partial charge in [0.2, 0.25) is 10.0 Å². The predicted molar refractivity (Wildman–Crippen MR) is 77.0 cm³/mol. The Bertz CT molecular complexity index is 549. The first kappa shape index (κ1) is 15.5. The molecule has 0 aliphatic heterocycles. The maximum absolute atomic E-state index is 12.4. The lowest BCUT2D eigenvalue weighted by Gasteiger charge is -2.15. The molecule has 0 radical (unpaired) electrons. The molecule has 1 aromatic rings. The fourth-order valence-electron chi connectivity index (χ4n) is 1.95. The maximum atomic E-state index is 12.4. The van der Waals surface area contributed by atoms with Gasteiger partial charge in [-0.3, -0.25) is 0 Å². The van der Waals surface area contributed by atoms with Gasteiger partial charge in [-0.2, -0.15) is 4.31 Å². The molecule has 7 heteroatoms. The third kappa shape index (κ3) is 3.60. The monoisotopic (exact) mass is 301 g/mol. The van der Waals surface area contributed by atoms with Crippen LogP contribution in [0.3, 0.4) is 0 Å². The lowest BCUT2D eigenvalue weighted by Crippen LogP contribution is -2.29. The summed E-state index contributed by atoms with van der Waals surface area (Å²) in [5, 5.41) is 3.39. The average molecular weight is 301 g/mol. The van der Waals surface area contributed by atoms with Crippen LogP contribution in [0.5, 0.6) is 0 Å². The minimum absolute atomic E-state index is 0.339. The van der Waals surface area contributed by atoms with Gasteiger partial charge in [-0.15, -0.1) is 0 Å². The minimum atomic E-state index is -3.43. The van der Waals surface area contributed by atoms with Crippen LogP contribution in [-0.2, 0) is 28.4 Å². The van der Waals surface area contributed by atoms with Gasteiger partial charge < -0.3 is 14.6 Å². The highest BCUT2D eigenvalue weighted by Crippen LogP contribution is 2.21. The number of nitrogens with one attached hydrogen (secondary N) is 1. The van der Waals surface area contributed by atoms with E-state index in [2.05, 4.69) is 5.32 Å². The Hall–Kier alpha value is -0.890. The topological polar surface area (TPSA) is 63.6 Å². The smallest absolute Gasteiger partial charge is 0.244 e. The van der Waals surface area contributed by atoms with Crippen LogP contribution in [0.25, 0.3) is 0 Å². The van der Waals surface area contributed by atoms with Crippen LogP contribution in [0, 0.1) is 0 Å². The standard InChI is InChI=1S/C13H23N3O3S/c1-15-10-13(8-12(15)9-14-11-4-5-11)20(17,18)16(2)6-7-19-3/h8,10-11,14H,4-7,9H2,1-3H3. The van der Waals surface area contributed by atoms with Crippen LogP contribution in [0.2, 0.25) is 0 Å². The van der Waals surface area contributed by atoms with E-state index in [0.717, 1.165) is 5.69 Å². The summed E-state index contributed by atoms with van der Waals surface area (Å²) < 4.78 is 32.9. The van der Waals surface area contributed by atoms with E-state index < -0.39 is 10.0 Å². The third-order valence-corrected chi connectivity index (χ3v) is 5.37. The number of methoxy groups -OCH3 is 1. The Morgan fingerprint density at radius 2 is 2.20 bits per heavy atom. The van der Waals surface area contributed by atoms with Gasteiger partial charge in [-0.05, 0) is 18.9 Å². The number of aromatic nitrogens is 1. The quantitative estimate of drug-likeness (QED) is 0.761. The molecule has 0 bridgehead atoms. The van der Waals surface area contributed by atoms with E-state index in [0.29, 0.717) is 30.6 Å². The average Bonchev–Trinajstić information content (AvgIpc) is 3.16. The summed E-state index contributed by atoms with van der Waals surface area (Å²) in [7, 11) is 1.58. The Labute approximate surface area is 120 Å². The van der Waals surface area contributed by atoms with Crippen LogP contribution in [0.1, 0.15) is 18.5 Å². The van der Waals surface area contributed by atoms with Gasteiger partial charge in [0.05, 0.1) is 6.61 Å². The molecule has 0 aromatic carbocycles. The molecule has 1 aromatic heterocycles. The highest BCUT2D eigenvalue weighted by atomic mass is 32.2. The van der Waals surface area contributed by atoms with Gasteiger partial charge in [0.15, 0.2) is 0 Å². The van der Waals surface area contributed by atoms with E-state index in [4.69, 9.17) is 4.74 Å². The molecule has 114 valence electrons. The Kier molecular flexibility index (Phi) is 4.85. The van der Waals surface area contributed by atoms with Crippen LogP contribution in [0.4, 0.5) is 0 Å². The van der Waals surface area contributed by atoms with E-state index in [1.807, 2.05) is 11.6 Å². The molecule has 2 rings (SSSR count). The summed E-state index contributed by atoms with van der Waals surface area (Å²) in [6.45, 7) is 1.44. The SMILES string of the molecule is COCCN(C)S(=O)(=O)c1cc(CNC2CC2)n(C)c1. The molecule has 1 saturated carbocycles. The summed E-state index contributed by atoms with van der Waals surface area (Å²) in [5.74, 6) is 0. The van der Waals surface area contributed by atoms with Crippen LogP contribution < -0.4 is 5.32 Å². The highest BCUT2D eigenvalue weighted by molar-refractivity contribution is 7.89. The molecule has 0 saturated heterocycles. The molecular weight excluding hydrogens is 278 g/mol. The fourth-order valence-corrected chi connectivity index (χ4v) is 3.20. The van der Waals surface area contributed by atoms with Crippen molar-refractivity contribution in [1.29, 1.82) is 0 Å². The summed E-state index contributed by atoms with van der Waals surface area (Å²) in [6.07, 6.45) is 4.10. The van der Waals surface area contributed by atoms with Crippen LogP contribution in [0.15, 0.2) is 17.2 Å². The number of sulfonamides is 1. The van der Waals surface area contributed by atoms with Crippen molar-refractivity contribution >= 4 is 10.0 Å². The summed E-state index contributed by atoms with van der Waals surface area (Å²) >= 11 is 0. The number of ether oxygens (including phenoxy) is 1. The number of nitrogens with zero attached hydrogens (tertiary/aromatic N) is 2. The lowest BCUT2D eigenvalue weighted by atomic mass is 10.4. The highest BCUT2D eigenvalue weighted by Gasteiger charge is 2.24. The number of aryl methyl sites for hydroxylation is 1. The summed E-state index contributed by atoms with van der Waals surface area (Å²) in [5.41, 5.74) is 0.982. The Morgan fingerprint density at radius 3 is 2.80 bits per heavy atom. The van der Waals surface area contributed by atoms with Gasteiger partial charge >= 0.3 is 0 Å². The van der Waals surface area contributed by atoms with Crippen molar-refractivity contribution in [2.75, 3.05) is 27.3 Å². The zero-order chi connectivity index (χ0) is 14.8. The second-order valence-electron chi connectivity index (χ2n) is 5.25. The number of hydrogen-bond acceptors (Lipinski definition) is 4. The zero-order valence-corrected chi connectivity index (χ0v) is 13.1. The normalized spacial score (nSPS) is 16.0. The maximum Gasteiger partial charge on any atom is 0.244 e. The van der Waals surface area contributed by atoms with Crippen molar-refractivity contribution in [3.8, 4) is 0 Å². The minimum Gasteiger partial charge on any atom is -0.383 e. The van der Waals surface area contributed by atoms with Crippen LogP contribution in [-0.4, -0.2) is 50.6 Å². The molecule has 0 spiro atoms. The molecule has 0 atom stereocenters. The van der Waals surface area contributed by atoms with E-state index in [1.165, 1.54) is 17.1 Å². The van der Waals surface area contributed by atoms with Crippen LogP contribution >= 0.6 is 0 Å². The molecule has 1 fully saturated rings. The van der Waals surface area contributed by atoms with Gasteiger partial charge in [0, 0.05) is 52.2 Å². The molecule has 1 N–H and O–H groups in total. The molecular formula is C13H23N3O3S. The number of rotatable bonds is 8. The first-order valence-electron chi connectivity index (χ1n) is 6.79. The second kappa shape index (κ2) is 6.26. The lowest BCUT2D eigenvalue weighted by molar-refractivity contribution is 0.185. The first-order valence-corrected chi connectivity index (χ1v) is 8.23. The number of hydrogen-bond donors (Lipinski definition) is 1. The zero-order valence-electron chi connectivity index (χ0n) is 12.3. The fraction of sp³-hybridized carbons (Fsp3) is 0.692. The Morgan fingerprint density at radius 1 is 1.50 bits per heavy atom. The van der Waals surface area contributed by atoms with Crippen molar-refractivity contribution < 1.29 is 13.2 Å². The van der Waals surface area contributed by atoms with E-state index >= 15 is 0 Å². The van der Waals surface area contributed by atoms with E-state index in [1.54, 1.807) is 26.4 Å². The molecule has 1 aliphatic rings. The van der Waals surface area contributed by atoms with Gasteiger partial charge in [-0.25, -0.2) is 8.42 Å². The molecule has 1 heterocycles. The van der Waals surface area contributed by atoms with Crippen molar-refractivity contribution in [2.45, 2.75) is 30.3 Å². The molecule has 6 nitrogen and oxygen atoms in total. The summed E-state index contributed by atoms with van der Waals surface area (Å²) in [4.78, 5) is 0.339. The number of likely N-dealkylation sites (N-methyl/N-ethyl adjacent to an activating group) is 1. The second-order valence-corrected chi connectivity index (χ2v) is 7.30. The molecule has 20 heavy (non-hydrogen) atoms. The van der Waals surface area contributed by atoms with Gasteiger partial charge in [0.25, 0.3) is 0 Å². The first-order chi connectivity index (χ1) is 9.45.